The molecule has 0 aliphatic rings. The molecule has 2 rings (SSSR count). The van der Waals surface area contributed by atoms with Gasteiger partial charge in [-0.1, -0.05) is 30.3 Å². The van der Waals surface area contributed by atoms with E-state index < -0.39 is 25.2 Å². The summed E-state index contributed by atoms with van der Waals surface area (Å²) in [6, 6.07) is 18.9. The van der Waals surface area contributed by atoms with E-state index in [2.05, 4.69) is 87.5 Å². The third-order valence-electron chi connectivity index (χ3n) is 3.67. The van der Waals surface area contributed by atoms with Crippen molar-refractivity contribution in [2.45, 2.75) is 45.8 Å². The lowest BCUT2D eigenvalue weighted by molar-refractivity contribution is 0.398. The summed E-state index contributed by atoms with van der Waals surface area (Å²) < 4.78 is 13.0. The maximum atomic E-state index is 6.66. The lowest BCUT2D eigenvalue weighted by Crippen LogP contribution is -2.56. The van der Waals surface area contributed by atoms with Gasteiger partial charge in [0.15, 0.2) is 8.32 Å². The molecule has 0 spiro atoms. The summed E-state index contributed by atoms with van der Waals surface area (Å²) in [5, 5.41) is 4.76. The number of hydrogen-bond donors (Lipinski definition) is 1. The highest BCUT2D eigenvalue weighted by atomic mass is 28.5. The normalized spacial score (nSPS) is 12.9. The molecule has 0 unspecified atom stereocenters. The van der Waals surface area contributed by atoms with Crippen LogP contribution in [0, 0.1) is 0 Å². The molecule has 0 radical (unpaired) electrons. The van der Waals surface area contributed by atoms with Crippen LogP contribution in [-0.4, -0.2) is 25.2 Å². The Morgan fingerprint density at radius 1 is 0.680 bits per heavy atom. The second kappa shape index (κ2) is 7.59. The highest BCUT2D eigenvalue weighted by molar-refractivity contribution is 6.93. The highest BCUT2D eigenvalue weighted by Crippen LogP contribution is 2.22. The van der Waals surface area contributed by atoms with Crippen molar-refractivity contribution in [3.63, 3.8) is 0 Å². The largest absolute Gasteiger partial charge is 0.437 e. The molecule has 0 aromatic heterocycles. The first-order valence-corrected chi connectivity index (χ1v) is 17.9. The van der Waals surface area contributed by atoms with Crippen LogP contribution in [-0.2, 0) is 8.23 Å². The Bertz CT molecular complexity index is 697. The zero-order valence-electron chi connectivity index (χ0n) is 16.5. The number of nitrogens with one attached hydrogen (secondary N) is 1. The van der Waals surface area contributed by atoms with E-state index in [0.717, 1.165) is 11.4 Å². The first-order valence-electron chi connectivity index (χ1n) is 8.80. The Morgan fingerprint density at radius 3 is 1.88 bits per heavy atom. The molecule has 0 amide bonds. The van der Waals surface area contributed by atoms with Crippen molar-refractivity contribution in [3.8, 4) is 0 Å². The molecular formula is C19H31NO2Si3. The third-order valence-corrected chi connectivity index (χ3v) is 13.8. The van der Waals surface area contributed by atoms with Gasteiger partial charge in [-0.25, -0.2) is 0 Å². The monoisotopic (exact) mass is 389 g/mol. The van der Waals surface area contributed by atoms with Crippen LogP contribution >= 0.6 is 0 Å². The van der Waals surface area contributed by atoms with E-state index >= 15 is 0 Å². The summed E-state index contributed by atoms with van der Waals surface area (Å²) in [7, 11) is -5.80. The second-order valence-electron chi connectivity index (χ2n) is 8.30. The minimum Gasteiger partial charge on any atom is -0.437 e. The number of para-hydroxylation sites is 1. The molecule has 0 bridgehead atoms. The van der Waals surface area contributed by atoms with Gasteiger partial charge in [-0.2, -0.15) is 0 Å². The summed E-state index contributed by atoms with van der Waals surface area (Å²) in [5.41, 5.74) is 2.19. The molecule has 0 saturated carbocycles. The minimum atomic E-state index is -2.15. The zero-order valence-corrected chi connectivity index (χ0v) is 19.5. The van der Waals surface area contributed by atoms with Gasteiger partial charge in [-0.15, -0.1) is 0 Å². The standard InChI is InChI=1S/C19H31NO2Si3/c1-23(2,3)21-25(6,7)22-24(4,5)19-15-11-14-18(16-19)20-17-12-9-8-10-13-17/h8-16,20H,1-7H3. The van der Waals surface area contributed by atoms with E-state index in [9.17, 15) is 0 Å². The zero-order chi connectivity index (χ0) is 18.7. The minimum absolute atomic E-state index is 1.09. The molecule has 0 aliphatic carbocycles. The van der Waals surface area contributed by atoms with Crippen molar-refractivity contribution in [2.24, 2.45) is 0 Å². The van der Waals surface area contributed by atoms with Gasteiger partial charge in [-0.3, -0.25) is 0 Å². The fourth-order valence-electron chi connectivity index (χ4n) is 3.09. The lowest BCUT2D eigenvalue weighted by Gasteiger charge is -2.37. The van der Waals surface area contributed by atoms with Crippen molar-refractivity contribution in [2.75, 3.05) is 5.32 Å². The van der Waals surface area contributed by atoms with Gasteiger partial charge in [0.25, 0.3) is 0 Å². The summed E-state index contributed by atoms with van der Waals surface area (Å²) in [6.45, 7) is 15.5. The Balaban J connectivity index is 2.17. The molecule has 136 valence electrons. The van der Waals surface area contributed by atoms with Crippen molar-refractivity contribution in [1.29, 1.82) is 0 Å². The number of benzene rings is 2. The molecule has 2 aromatic carbocycles. The van der Waals surface area contributed by atoms with Crippen molar-refractivity contribution >= 4 is 41.8 Å². The van der Waals surface area contributed by atoms with Gasteiger partial charge in [0.1, 0.15) is 0 Å². The van der Waals surface area contributed by atoms with Gasteiger partial charge in [0, 0.05) is 11.4 Å². The average Bonchev–Trinajstić information content (AvgIpc) is 2.45. The van der Waals surface area contributed by atoms with Crippen LogP contribution in [0.15, 0.2) is 54.6 Å². The molecular weight excluding hydrogens is 358 g/mol. The highest BCUT2D eigenvalue weighted by Gasteiger charge is 2.39. The van der Waals surface area contributed by atoms with Crippen molar-refractivity contribution in [3.05, 3.63) is 54.6 Å². The number of rotatable bonds is 7. The maximum absolute atomic E-state index is 6.66. The lowest BCUT2D eigenvalue weighted by atomic mass is 10.3. The van der Waals surface area contributed by atoms with E-state index in [-0.39, 0.29) is 0 Å². The van der Waals surface area contributed by atoms with Gasteiger partial charge < -0.3 is 13.5 Å². The third kappa shape index (κ3) is 6.56. The van der Waals surface area contributed by atoms with Crippen LogP contribution in [0.2, 0.25) is 45.8 Å². The Hall–Kier alpha value is -1.19. The quantitative estimate of drug-likeness (QED) is 0.642. The summed E-state index contributed by atoms with van der Waals surface area (Å²) in [5.74, 6) is 0. The molecule has 2 aromatic rings. The van der Waals surface area contributed by atoms with Crippen LogP contribution in [0.1, 0.15) is 0 Å². The van der Waals surface area contributed by atoms with Gasteiger partial charge in [0.2, 0.25) is 8.32 Å². The van der Waals surface area contributed by atoms with Gasteiger partial charge in [-0.05, 0) is 75.3 Å². The van der Waals surface area contributed by atoms with Crippen LogP contribution in [0.3, 0.4) is 0 Å². The number of anilines is 2. The molecule has 0 fully saturated rings. The summed E-state index contributed by atoms with van der Waals surface area (Å²) >= 11 is 0. The fraction of sp³-hybridized carbons (Fsp3) is 0.368. The molecule has 1 N–H and O–H groups in total. The van der Waals surface area contributed by atoms with E-state index in [1.54, 1.807) is 0 Å². The predicted molar refractivity (Wildman–Crippen MR) is 116 cm³/mol. The van der Waals surface area contributed by atoms with E-state index in [0.29, 0.717) is 0 Å². The summed E-state index contributed by atoms with van der Waals surface area (Å²) in [6.07, 6.45) is 0. The molecule has 6 heteroatoms. The maximum Gasteiger partial charge on any atom is 0.311 e. The van der Waals surface area contributed by atoms with E-state index in [1.807, 2.05) is 18.2 Å². The Labute approximate surface area is 155 Å². The SMILES string of the molecule is C[Si](C)(C)O[Si](C)(C)O[Si](C)(C)c1cccc(Nc2ccccc2)c1. The van der Waals surface area contributed by atoms with Gasteiger partial charge in [0.05, 0.1) is 0 Å². The van der Waals surface area contributed by atoms with E-state index in [4.69, 9.17) is 8.23 Å². The second-order valence-corrected chi connectivity index (χ2v) is 20.6. The molecule has 0 saturated heterocycles. The summed E-state index contributed by atoms with van der Waals surface area (Å²) in [4.78, 5) is 0. The van der Waals surface area contributed by atoms with Crippen molar-refractivity contribution in [1.82, 2.24) is 0 Å². The fourth-order valence-corrected chi connectivity index (χ4v) is 15.9. The van der Waals surface area contributed by atoms with E-state index in [1.165, 1.54) is 5.19 Å². The molecule has 25 heavy (non-hydrogen) atoms. The Kier molecular flexibility index (Phi) is 6.11. The first kappa shape index (κ1) is 20.1. The van der Waals surface area contributed by atoms with Crippen LogP contribution in [0.5, 0.6) is 0 Å². The number of hydrogen-bond acceptors (Lipinski definition) is 3. The average molecular weight is 390 g/mol. The topological polar surface area (TPSA) is 30.5 Å². The van der Waals surface area contributed by atoms with Gasteiger partial charge >= 0.3 is 8.56 Å². The van der Waals surface area contributed by atoms with Crippen LogP contribution in [0.25, 0.3) is 0 Å². The molecule has 0 atom stereocenters. The molecule has 0 heterocycles. The smallest absolute Gasteiger partial charge is 0.311 e. The Morgan fingerprint density at radius 2 is 1.28 bits per heavy atom. The van der Waals surface area contributed by atoms with Crippen molar-refractivity contribution < 1.29 is 8.23 Å². The van der Waals surface area contributed by atoms with Crippen LogP contribution in [0.4, 0.5) is 11.4 Å². The molecule has 0 aliphatic heterocycles. The first-order chi connectivity index (χ1) is 11.5. The molecule has 3 nitrogen and oxygen atoms in total. The predicted octanol–water partition coefficient (Wildman–Crippen LogP) is 5.41. The van der Waals surface area contributed by atoms with Crippen LogP contribution < -0.4 is 10.5 Å².